The molecule has 0 radical (unpaired) electrons. The second-order valence-electron chi connectivity index (χ2n) is 7.27. The van der Waals surface area contributed by atoms with Crippen LogP contribution in [-0.4, -0.2) is 31.2 Å². The van der Waals surface area contributed by atoms with Gasteiger partial charge in [0.1, 0.15) is 0 Å². The predicted octanol–water partition coefficient (Wildman–Crippen LogP) is 3.93. The summed E-state index contributed by atoms with van der Waals surface area (Å²) in [4.78, 5) is 25.1. The molecule has 0 aliphatic carbocycles. The number of fused-ring (bicyclic) bond motifs is 1. The van der Waals surface area contributed by atoms with Crippen LogP contribution in [-0.2, 0) is 19.4 Å². The van der Waals surface area contributed by atoms with Crippen LogP contribution in [0.2, 0.25) is 0 Å². The molecule has 0 saturated carbocycles. The lowest BCUT2D eigenvalue weighted by Crippen LogP contribution is -2.18. The highest BCUT2D eigenvalue weighted by atomic mass is 32.2. The van der Waals surface area contributed by atoms with E-state index in [2.05, 4.69) is 10.6 Å². The third-order valence-corrected chi connectivity index (χ3v) is 7.53. The van der Waals surface area contributed by atoms with Gasteiger partial charge in [-0.3, -0.25) is 9.59 Å². The molecular formula is C21H24N2O4S2. The van der Waals surface area contributed by atoms with Crippen molar-refractivity contribution in [2.24, 2.45) is 0 Å². The molecule has 0 fully saturated rings. The minimum absolute atomic E-state index is 0.103. The maximum absolute atomic E-state index is 12.7. The van der Waals surface area contributed by atoms with E-state index >= 15 is 0 Å². The summed E-state index contributed by atoms with van der Waals surface area (Å²) in [5, 5.41) is 5.65. The van der Waals surface area contributed by atoms with Crippen molar-refractivity contribution in [3.8, 4) is 0 Å². The fourth-order valence-electron chi connectivity index (χ4n) is 3.14. The molecule has 1 unspecified atom stereocenters. The Bertz CT molecular complexity index is 1060. The lowest BCUT2D eigenvalue weighted by Gasteiger charge is -2.11. The average Bonchev–Trinajstić information content (AvgIpc) is 2.78. The highest BCUT2D eigenvalue weighted by Gasteiger charge is 2.23. The van der Waals surface area contributed by atoms with E-state index in [1.165, 1.54) is 23.9 Å². The normalized spacial score (nSPS) is 16.5. The van der Waals surface area contributed by atoms with Crippen LogP contribution in [0.5, 0.6) is 0 Å². The highest BCUT2D eigenvalue weighted by molar-refractivity contribution is 8.00. The Kier molecular flexibility index (Phi) is 6.33. The number of carbonyl (C=O) groups is 2. The van der Waals surface area contributed by atoms with Crippen LogP contribution in [0.15, 0.2) is 46.2 Å². The van der Waals surface area contributed by atoms with Gasteiger partial charge in [-0.15, -0.1) is 11.8 Å². The molecule has 2 N–H and O–H groups in total. The number of sulfone groups is 1. The van der Waals surface area contributed by atoms with Crippen molar-refractivity contribution in [1.29, 1.82) is 0 Å². The zero-order valence-electron chi connectivity index (χ0n) is 16.6. The molecule has 1 atom stereocenters. The Morgan fingerprint density at radius 2 is 1.97 bits per heavy atom. The van der Waals surface area contributed by atoms with Gasteiger partial charge < -0.3 is 10.6 Å². The Morgan fingerprint density at radius 3 is 2.69 bits per heavy atom. The van der Waals surface area contributed by atoms with Gasteiger partial charge in [0.15, 0.2) is 9.84 Å². The van der Waals surface area contributed by atoms with Gasteiger partial charge >= 0.3 is 0 Å². The first kappa shape index (κ1) is 21.4. The maximum atomic E-state index is 12.7. The number of hydrogen-bond donors (Lipinski definition) is 2. The third-order valence-electron chi connectivity index (χ3n) is 4.64. The number of benzene rings is 2. The molecule has 29 heavy (non-hydrogen) atoms. The van der Waals surface area contributed by atoms with Crippen LogP contribution < -0.4 is 10.6 Å². The Balaban J connectivity index is 1.69. The van der Waals surface area contributed by atoms with Gasteiger partial charge in [-0.1, -0.05) is 24.6 Å². The molecule has 2 amide bonds. The van der Waals surface area contributed by atoms with Crippen LogP contribution in [0.25, 0.3) is 0 Å². The SMILES string of the molecule is Cc1ccc(NC(=O)CCS(=O)(=O)c2ccc3c(c2)NC(=O)CC(C)S3)c(C)c1. The largest absolute Gasteiger partial charge is 0.326 e. The van der Waals surface area contributed by atoms with E-state index < -0.39 is 9.84 Å². The van der Waals surface area contributed by atoms with Gasteiger partial charge in [-0.05, 0) is 43.7 Å². The second-order valence-corrected chi connectivity index (χ2v) is 10.9. The molecule has 1 aliphatic rings. The summed E-state index contributed by atoms with van der Waals surface area (Å²) in [5.41, 5.74) is 3.20. The fourth-order valence-corrected chi connectivity index (χ4v) is 5.45. The first-order valence-corrected chi connectivity index (χ1v) is 11.9. The molecule has 2 aromatic carbocycles. The van der Waals surface area contributed by atoms with Crippen LogP contribution in [0.3, 0.4) is 0 Å². The molecule has 6 nitrogen and oxygen atoms in total. The monoisotopic (exact) mass is 432 g/mol. The summed E-state index contributed by atoms with van der Waals surface area (Å²) in [6.07, 6.45) is 0.227. The van der Waals surface area contributed by atoms with Crippen LogP contribution in [0, 0.1) is 13.8 Å². The lowest BCUT2D eigenvalue weighted by atomic mass is 10.1. The molecule has 0 spiro atoms. The van der Waals surface area contributed by atoms with Crippen molar-refractivity contribution in [1.82, 2.24) is 0 Å². The number of amides is 2. The third kappa shape index (κ3) is 5.39. The van der Waals surface area contributed by atoms with Gasteiger partial charge in [0, 0.05) is 28.7 Å². The van der Waals surface area contributed by atoms with Crippen molar-refractivity contribution < 1.29 is 18.0 Å². The summed E-state index contributed by atoms with van der Waals surface area (Å²) >= 11 is 1.54. The minimum Gasteiger partial charge on any atom is -0.326 e. The van der Waals surface area contributed by atoms with Crippen LogP contribution >= 0.6 is 11.8 Å². The first-order chi connectivity index (χ1) is 13.6. The van der Waals surface area contributed by atoms with E-state index in [9.17, 15) is 18.0 Å². The minimum atomic E-state index is -3.66. The quantitative estimate of drug-likeness (QED) is 0.747. The Labute approximate surface area is 175 Å². The molecule has 0 aromatic heterocycles. The number of nitrogens with one attached hydrogen (secondary N) is 2. The zero-order chi connectivity index (χ0) is 21.2. The molecule has 0 bridgehead atoms. The van der Waals surface area contributed by atoms with Crippen molar-refractivity contribution in [3.05, 3.63) is 47.5 Å². The van der Waals surface area contributed by atoms with Crippen molar-refractivity contribution in [2.75, 3.05) is 16.4 Å². The number of aryl methyl sites for hydroxylation is 2. The zero-order valence-corrected chi connectivity index (χ0v) is 18.2. The summed E-state index contributed by atoms with van der Waals surface area (Å²) in [7, 11) is -3.66. The standard InChI is InChI=1S/C21H24N2O4S2/c1-13-4-6-17(14(2)10-13)22-20(24)8-9-29(26,27)16-5-7-19-18(12-16)23-21(25)11-15(3)28-19/h4-7,10,12,15H,8-9,11H2,1-3H3,(H,22,24)(H,23,25). The molecule has 3 rings (SSSR count). The number of anilines is 2. The van der Waals surface area contributed by atoms with Gasteiger partial charge in [0.05, 0.1) is 16.3 Å². The van der Waals surface area contributed by atoms with Gasteiger partial charge in [0.25, 0.3) is 0 Å². The van der Waals surface area contributed by atoms with Crippen LogP contribution in [0.1, 0.15) is 30.9 Å². The molecule has 0 saturated heterocycles. The predicted molar refractivity (Wildman–Crippen MR) is 116 cm³/mol. The number of rotatable bonds is 5. The van der Waals surface area contributed by atoms with Gasteiger partial charge in [0.2, 0.25) is 11.8 Å². The number of hydrogen-bond acceptors (Lipinski definition) is 5. The van der Waals surface area contributed by atoms with Crippen molar-refractivity contribution >= 4 is 44.8 Å². The van der Waals surface area contributed by atoms with Crippen molar-refractivity contribution in [2.45, 2.75) is 48.7 Å². The van der Waals surface area contributed by atoms with E-state index in [0.29, 0.717) is 17.8 Å². The van der Waals surface area contributed by atoms with E-state index in [1.807, 2.05) is 39.0 Å². The Hall–Kier alpha value is -2.32. The second kappa shape index (κ2) is 8.59. The van der Waals surface area contributed by atoms with E-state index in [0.717, 1.165) is 16.0 Å². The number of thioether (sulfide) groups is 1. The molecule has 2 aromatic rings. The number of carbonyl (C=O) groups excluding carboxylic acids is 2. The highest BCUT2D eigenvalue weighted by Crippen LogP contribution is 2.36. The summed E-state index contributed by atoms with van der Waals surface area (Å²) < 4.78 is 25.4. The maximum Gasteiger partial charge on any atom is 0.225 e. The van der Waals surface area contributed by atoms with E-state index in [4.69, 9.17) is 0 Å². The fraction of sp³-hybridized carbons (Fsp3) is 0.333. The Morgan fingerprint density at radius 1 is 1.21 bits per heavy atom. The van der Waals surface area contributed by atoms with E-state index in [-0.39, 0.29) is 34.1 Å². The van der Waals surface area contributed by atoms with Crippen molar-refractivity contribution in [3.63, 3.8) is 0 Å². The summed E-state index contributed by atoms with van der Waals surface area (Å²) in [5.74, 6) is -0.792. The smallest absolute Gasteiger partial charge is 0.225 e. The molecule has 1 heterocycles. The molecule has 8 heteroatoms. The average molecular weight is 433 g/mol. The summed E-state index contributed by atoms with van der Waals surface area (Å²) in [6.45, 7) is 5.81. The van der Waals surface area contributed by atoms with Gasteiger partial charge in [-0.25, -0.2) is 8.42 Å². The van der Waals surface area contributed by atoms with Gasteiger partial charge in [-0.2, -0.15) is 0 Å². The van der Waals surface area contributed by atoms with Crippen LogP contribution in [0.4, 0.5) is 11.4 Å². The molecule has 1 aliphatic heterocycles. The topological polar surface area (TPSA) is 92.3 Å². The molecule has 154 valence electrons. The van der Waals surface area contributed by atoms with E-state index in [1.54, 1.807) is 6.07 Å². The lowest BCUT2D eigenvalue weighted by molar-refractivity contribution is -0.116. The molecular weight excluding hydrogens is 408 g/mol. The summed E-state index contributed by atoms with van der Waals surface area (Å²) in [6, 6.07) is 10.4. The first-order valence-electron chi connectivity index (χ1n) is 9.34.